The van der Waals surface area contributed by atoms with Gasteiger partial charge >= 0.3 is 0 Å². The molecule has 1 fully saturated rings. The maximum atomic E-state index is 5.99. The van der Waals surface area contributed by atoms with E-state index in [4.69, 9.17) is 15.0 Å². The monoisotopic (exact) mass is 271 g/mol. The first-order valence-corrected chi connectivity index (χ1v) is 7.87. The summed E-state index contributed by atoms with van der Waals surface area (Å²) in [6.07, 6.45) is 7.37. The zero-order chi connectivity index (χ0) is 12.8. The van der Waals surface area contributed by atoms with Gasteiger partial charge in [-0.25, -0.2) is 0 Å². The molecule has 1 saturated heterocycles. The molecule has 1 aromatic rings. The van der Waals surface area contributed by atoms with Crippen LogP contribution in [0.5, 0.6) is 0 Å². The molecule has 0 saturated carbocycles. The first kappa shape index (κ1) is 13.8. The largest absolute Gasteiger partial charge is 0.378 e. The topological polar surface area (TPSA) is 74.2 Å². The van der Waals surface area contributed by atoms with Crippen molar-refractivity contribution in [2.24, 2.45) is 5.73 Å². The normalized spacial score (nSPS) is 22.0. The maximum Gasteiger partial charge on any atom is 0.243 e. The van der Waals surface area contributed by atoms with Crippen molar-refractivity contribution in [1.29, 1.82) is 0 Å². The molecule has 2 rings (SSSR count). The minimum Gasteiger partial charge on any atom is -0.378 e. The van der Waals surface area contributed by atoms with Crippen molar-refractivity contribution in [3.63, 3.8) is 0 Å². The Morgan fingerprint density at radius 2 is 2.39 bits per heavy atom. The molecule has 18 heavy (non-hydrogen) atoms. The van der Waals surface area contributed by atoms with Gasteiger partial charge in [0.1, 0.15) is 0 Å². The lowest BCUT2D eigenvalue weighted by Crippen LogP contribution is -2.22. The van der Waals surface area contributed by atoms with E-state index in [0.29, 0.717) is 5.89 Å². The third-order valence-electron chi connectivity index (χ3n) is 3.12. The SMILES string of the molecule is CSCC[C@H](N)c1nc(CC2CCCCO2)no1. The van der Waals surface area contributed by atoms with Gasteiger partial charge in [-0.3, -0.25) is 0 Å². The number of hydrogen-bond acceptors (Lipinski definition) is 6. The predicted octanol–water partition coefficient (Wildman–Crippen LogP) is 1.93. The van der Waals surface area contributed by atoms with Gasteiger partial charge in [0.25, 0.3) is 0 Å². The number of nitrogens with two attached hydrogens (primary N) is 1. The standard InChI is InChI=1S/C12H21N3O2S/c1-18-7-5-10(13)12-14-11(15-17-12)8-9-4-2-3-6-16-9/h9-10H,2-8,13H2,1H3/t9?,10-/m0/s1. The summed E-state index contributed by atoms with van der Waals surface area (Å²) in [6, 6.07) is -0.147. The fraction of sp³-hybridized carbons (Fsp3) is 0.833. The zero-order valence-electron chi connectivity index (χ0n) is 10.8. The molecule has 1 aromatic heterocycles. The van der Waals surface area contributed by atoms with Gasteiger partial charge in [0.2, 0.25) is 5.89 Å². The quantitative estimate of drug-likeness (QED) is 0.852. The zero-order valence-corrected chi connectivity index (χ0v) is 11.6. The van der Waals surface area contributed by atoms with Crippen LogP contribution in [0.1, 0.15) is 43.4 Å². The number of nitrogens with zero attached hydrogens (tertiary/aromatic N) is 2. The lowest BCUT2D eigenvalue weighted by Gasteiger charge is -2.20. The number of rotatable bonds is 6. The van der Waals surface area contributed by atoms with Gasteiger partial charge < -0.3 is 15.0 Å². The Kier molecular flexibility index (Phi) is 5.46. The summed E-state index contributed by atoms with van der Waals surface area (Å²) in [6.45, 7) is 0.850. The minimum absolute atomic E-state index is 0.147. The minimum atomic E-state index is -0.147. The second-order valence-corrected chi connectivity index (χ2v) is 5.62. The van der Waals surface area contributed by atoms with E-state index >= 15 is 0 Å². The van der Waals surface area contributed by atoms with Crippen LogP contribution in [0, 0.1) is 0 Å². The van der Waals surface area contributed by atoms with Crippen LogP contribution in [0.25, 0.3) is 0 Å². The average Bonchev–Trinajstić information content (AvgIpc) is 2.86. The van der Waals surface area contributed by atoms with Crippen molar-refractivity contribution in [3.8, 4) is 0 Å². The van der Waals surface area contributed by atoms with E-state index in [2.05, 4.69) is 16.4 Å². The van der Waals surface area contributed by atoms with E-state index in [0.717, 1.165) is 43.9 Å². The van der Waals surface area contributed by atoms with Gasteiger partial charge in [0, 0.05) is 13.0 Å². The van der Waals surface area contributed by atoms with Crippen LogP contribution < -0.4 is 5.73 Å². The van der Waals surface area contributed by atoms with E-state index in [-0.39, 0.29) is 12.1 Å². The molecule has 2 N–H and O–H groups in total. The van der Waals surface area contributed by atoms with Gasteiger partial charge in [-0.15, -0.1) is 0 Å². The van der Waals surface area contributed by atoms with Crippen molar-refractivity contribution in [3.05, 3.63) is 11.7 Å². The molecular formula is C12H21N3O2S. The molecule has 0 amide bonds. The molecule has 102 valence electrons. The lowest BCUT2D eigenvalue weighted by atomic mass is 10.1. The number of thioether (sulfide) groups is 1. The van der Waals surface area contributed by atoms with Gasteiger partial charge in [-0.05, 0) is 37.7 Å². The number of ether oxygens (including phenoxy) is 1. The highest BCUT2D eigenvalue weighted by Gasteiger charge is 2.19. The fourth-order valence-electron chi connectivity index (χ4n) is 2.04. The van der Waals surface area contributed by atoms with Crippen molar-refractivity contribution in [2.75, 3.05) is 18.6 Å². The summed E-state index contributed by atoms with van der Waals surface area (Å²) in [5.74, 6) is 2.27. The van der Waals surface area contributed by atoms with Gasteiger partial charge in [-0.1, -0.05) is 5.16 Å². The highest BCUT2D eigenvalue weighted by atomic mass is 32.2. The van der Waals surface area contributed by atoms with Crippen molar-refractivity contribution < 1.29 is 9.26 Å². The second-order valence-electron chi connectivity index (χ2n) is 4.63. The molecule has 0 radical (unpaired) electrons. The second kappa shape index (κ2) is 7.11. The third kappa shape index (κ3) is 3.96. The first-order valence-electron chi connectivity index (χ1n) is 6.48. The summed E-state index contributed by atoms with van der Waals surface area (Å²) >= 11 is 1.77. The fourth-order valence-corrected chi connectivity index (χ4v) is 2.53. The summed E-state index contributed by atoms with van der Waals surface area (Å²) in [5, 5.41) is 3.99. The summed E-state index contributed by atoms with van der Waals surface area (Å²) in [4.78, 5) is 4.37. The highest BCUT2D eigenvalue weighted by Crippen LogP contribution is 2.18. The Morgan fingerprint density at radius 3 is 3.11 bits per heavy atom. The first-order chi connectivity index (χ1) is 8.79. The molecule has 1 unspecified atom stereocenters. The van der Waals surface area contributed by atoms with E-state index in [1.54, 1.807) is 11.8 Å². The highest BCUT2D eigenvalue weighted by molar-refractivity contribution is 7.98. The molecule has 2 heterocycles. The Bertz CT molecular complexity index is 353. The molecule has 0 aromatic carbocycles. The van der Waals surface area contributed by atoms with Crippen molar-refractivity contribution in [1.82, 2.24) is 10.1 Å². The van der Waals surface area contributed by atoms with Crippen LogP contribution in [0.4, 0.5) is 0 Å². The summed E-state index contributed by atoms with van der Waals surface area (Å²) < 4.78 is 10.9. The third-order valence-corrected chi connectivity index (χ3v) is 3.76. The number of hydrogen-bond donors (Lipinski definition) is 1. The van der Waals surface area contributed by atoms with E-state index in [9.17, 15) is 0 Å². The van der Waals surface area contributed by atoms with Crippen LogP contribution in [0.2, 0.25) is 0 Å². The molecule has 1 aliphatic heterocycles. The van der Waals surface area contributed by atoms with Crippen LogP contribution in [-0.2, 0) is 11.2 Å². The van der Waals surface area contributed by atoms with Crippen LogP contribution in [-0.4, -0.2) is 34.9 Å². The predicted molar refractivity (Wildman–Crippen MR) is 71.5 cm³/mol. The summed E-state index contributed by atoms with van der Waals surface area (Å²) in [5.41, 5.74) is 5.99. The number of aromatic nitrogens is 2. The summed E-state index contributed by atoms with van der Waals surface area (Å²) in [7, 11) is 0. The van der Waals surface area contributed by atoms with E-state index in [1.807, 2.05) is 0 Å². The van der Waals surface area contributed by atoms with Gasteiger partial charge in [-0.2, -0.15) is 16.7 Å². The molecule has 2 atom stereocenters. The van der Waals surface area contributed by atoms with Crippen molar-refractivity contribution >= 4 is 11.8 Å². The Balaban J connectivity index is 1.84. The molecule has 0 bridgehead atoms. The van der Waals surface area contributed by atoms with Gasteiger partial charge in [0.15, 0.2) is 5.82 Å². The molecule has 5 nitrogen and oxygen atoms in total. The Morgan fingerprint density at radius 1 is 1.50 bits per heavy atom. The smallest absolute Gasteiger partial charge is 0.243 e. The van der Waals surface area contributed by atoms with Crippen LogP contribution >= 0.6 is 11.8 Å². The van der Waals surface area contributed by atoms with Crippen LogP contribution in [0.15, 0.2) is 4.52 Å². The molecule has 0 aliphatic carbocycles. The lowest BCUT2D eigenvalue weighted by molar-refractivity contribution is 0.0153. The average molecular weight is 271 g/mol. The molecule has 6 heteroatoms. The Hall–Kier alpha value is -0.590. The molecule has 0 spiro atoms. The molecular weight excluding hydrogens is 250 g/mol. The van der Waals surface area contributed by atoms with E-state index in [1.165, 1.54) is 6.42 Å². The Labute approximate surface area is 112 Å². The van der Waals surface area contributed by atoms with E-state index < -0.39 is 0 Å². The molecule has 1 aliphatic rings. The maximum absolute atomic E-state index is 5.99. The van der Waals surface area contributed by atoms with Crippen molar-refractivity contribution in [2.45, 2.75) is 44.2 Å². The van der Waals surface area contributed by atoms with Gasteiger partial charge in [0.05, 0.1) is 12.1 Å². The van der Waals surface area contributed by atoms with Crippen LogP contribution in [0.3, 0.4) is 0 Å².